The van der Waals surface area contributed by atoms with E-state index < -0.39 is 11.4 Å². The van der Waals surface area contributed by atoms with Crippen LogP contribution in [0.4, 0.5) is 10.1 Å². The second kappa shape index (κ2) is 5.44. The van der Waals surface area contributed by atoms with Crippen LogP contribution in [-0.4, -0.2) is 33.5 Å². The molecule has 0 aliphatic carbocycles. The van der Waals surface area contributed by atoms with Gasteiger partial charge in [-0.25, -0.2) is 4.39 Å². The van der Waals surface area contributed by atoms with E-state index in [2.05, 4.69) is 5.32 Å². The van der Waals surface area contributed by atoms with E-state index in [9.17, 15) is 14.3 Å². The van der Waals surface area contributed by atoms with Gasteiger partial charge >= 0.3 is 0 Å². The minimum atomic E-state index is -0.488. The van der Waals surface area contributed by atoms with Gasteiger partial charge in [0.2, 0.25) is 0 Å². The number of nitrogens with zero attached hydrogens (tertiary/aromatic N) is 1. The van der Waals surface area contributed by atoms with Gasteiger partial charge in [-0.1, -0.05) is 24.4 Å². The maximum Gasteiger partial charge on any atom is 0.260 e. The Bertz CT molecular complexity index is 640. The smallest absolute Gasteiger partial charge is 0.260 e. The molecule has 0 fully saturated rings. The van der Waals surface area contributed by atoms with Crippen molar-refractivity contribution in [1.29, 1.82) is 0 Å². The highest BCUT2D eigenvalue weighted by molar-refractivity contribution is 7.81. The van der Waals surface area contributed by atoms with Crippen molar-refractivity contribution < 1.29 is 14.3 Å². The van der Waals surface area contributed by atoms with E-state index in [-0.39, 0.29) is 27.9 Å². The number of carbonyl (C=O) groups excluding carboxylic acids is 1. The third kappa shape index (κ3) is 2.90. The number of anilines is 1. The second-order valence-electron chi connectivity index (χ2n) is 5.61. The van der Waals surface area contributed by atoms with Gasteiger partial charge in [0, 0.05) is 19.0 Å². The number of likely N-dealkylation sites (N-methyl/N-ethyl adjacent to an activating group) is 1. The van der Waals surface area contributed by atoms with Crippen molar-refractivity contribution in [3.63, 3.8) is 0 Å². The van der Waals surface area contributed by atoms with Crippen LogP contribution in [0.2, 0.25) is 0 Å². The molecule has 1 aromatic carbocycles. The molecular weight excluding hydrogens is 291 g/mol. The van der Waals surface area contributed by atoms with Gasteiger partial charge < -0.3 is 15.3 Å². The summed E-state index contributed by atoms with van der Waals surface area (Å²) < 4.78 is 13.6. The summed E-state index contributed by atoms with van der Waals surface area (Å²) in [5.74, 6) is -0.925. The highest BCUT2D eigenvalue weighted by atomic mass is 32.1. The molecule has 2 N–H and O–H groups in total. The average molecular weight is 308 g/mol. The van der Waals surface area contributed by atoms with Crippen molar-refractivity contribution in [3.8, 4) is 0 Å². The number of thiocarbonyl (C=S) groups is 1. The monoisotopic (exact) mass is 308 g/mol. The first-order valence-electron chi connectivity index (χ1n) is 6.50. The van der Waals surface area contributed by atoms with Crippen molar-refractivity contribution in [1.82, 2.24) is 4.90 Å². The van der Waals surface area contributed by atoms with Crippen molar-refractivity contribution in [2.24, 2.45) is 0 Å². The van der Waals surface area contributed by atoms with E-state index in [1.807, 2.05) is 13.8 Å². The molecule has 4 nitrogen and oxygen atoms in total. The number of nitrogens with one attached hydrogen (secondary N) is 1. The summed E-state index contributed by atoms with van der Waals surface area (Å²) in [4.78, 5) is 13.9. The zero-order chi connectivity index (χ0) is 15.8. The summed E-state index contributed by atoms with van der Waals surface area (Å²) in [6, 6.07) is 6.01. The van der Waals surface area contributed by atoms with Gasteiger partial charge in [-0.2, -0.15) is 0 Å². The molecule has 0 atom stereocenters. The third-order valence-electron chi connectivity index (χ3n) is 3.66. The molecule has 1 aliphatic heterocycles. The molecule has 6 heteroatoms. The van der Waals surface area contributed by atoms with Crippen LogP contribution in [0.1, 0.15) is 20.3 Å². The molecule has 1 amide bonds. The van der Waals surface area contributed by atoms with E-state index in [1.54, 1.807) is 19.2 Å². The molecule has 112 valence electrons. The van der Waals surface area contributed by atoms with Gasteiger partial charge in [-0.05, 0) is 26.0 Å². The predicted octanol–water partition coefficient (Wildman–Crippen LogP) is 3.02. The molecule has 2 rings (SSSR count). The van der Waals surface area contributed by atoms with Crippen LogP contribution >= 0.6 is 12.2 Å². The van der Waals surface area contributed by atoms with Crippen molar-refractivity contribution >= 4 is 28.8 Å². The fourth-order valence-corrected chi connectivity index (χ4v) is 2.47. The van der Waals surface area contributed by atoms with Crippen LogP contribution in [0.3, 0.4) is 0 Å². The first kappa shape index (κ1) is 15.4. The Labute approximate surface area is 128 Å². The minimum Gasteiger partial charge on any atom is -0.511 e. The van der Waals surface area contributed by atoms with Gasteiger partial charge in [0.15, 0.2) is 0 Å². The first-order valence-corrected chi connectivity index (χ1v) is 6.91. The van der Waals surface area contributed by atoms with Crippen LogP contribution < -0.4 is 5.32 Å². The fourth-order valence-electron chi connectivity index (χ4n) is 2.16. The molecular formula is C15H17FN2O2S. The van der Waals surface area contributed by atoms with Crippen LogP contribution in [-0.2, 0) is 4.79 Å². The van der Waals surface area contributed by atoms with E-state index in [0.29, 0.717) is 6.42 Å². The number of benzene rings is 1. The highest BCUT2D eigenvalue weighted by Gasteiger charge is 2.39. The molecule has 0 spiro atoms. The molecule has 0 saturated carbocycles. The molecule has 1 aromatic rings. The van der Waals surface area contributed by atoms with Crippen LogP contribution in [0.5, 0.6) is 0 Å². The lowest BCUT2D eigenvalue weighted by Crippen LogP contribution is -2.50. The summed E-state index contributed by atoms with van der Waals surface area (Å²) in [7, 11) is 1.65. The summed E-state index contributed by atoms with van der Waals surface area (Å²) >= 11 is 5.15. The Hall–Kier alpha value is -1.95. The molecule has 1 aliphatic rings. The summed E-state index contributed by atoms with van der Waals surface area (Å²) in [6.07, 6.45) is 0.295. The second-order valence-corrected chi connectivity index (χ2v) is 6.02. The first-order chi connectivity index (χ1) is 9.74. The van der Waals surface area contributed by atoms with Crippen molar-refractivity contribution in [2.45, 2.75) is 25.8 Å². The van der Waals surface area contributed by atoms with Crippen molar-refractivity contribution in [2.75, 3.05) is 12.4 Å². The maximum atomic E-state index is 13.6. The Morgan fingerprint density at radius 1 is 1.43 bits per heavy atom. The third-order valence-corrected chi connectivity index (χ3v) is 3.97. The normalized spacial score (nSPS) is 17.9. The minimum absolute atomic E-state index is 0.0185. The highest BCUT2D eigenvalue weighted by Crippen LogP contribution is 2.31. The number of amides is 1. The zero-order valence-corrected chi connectivity index (χ0v) is 12.9. The molecule has 0 radical (unpaired) electrons. The predicted molar refractivity (Wildman–Crippen MR) is 83.7 cm³/mol. The Morgan fingerprint density at radius 2 is 2.05 bits per heavy atom. The van der Waals surface area contributed by atoms with Gasteiger partial charge in [0.05, 0.1) is 5.69 Å². The standard InChI is InChI=1S/C15H17FN2O2S/c1-15(2)8-11(19)12(14(20)18(15)3)13(21)17-10-7-5-4-6-9(10)16/h4-7,19H,8H2,1-3H3,(H,17,21). The van der Waals surface area contributed by atoms with Gasteiger partial charge in [0.1, 0.15) is 22.1 Å². The van der Waals surface area contributed by atoms with E-state index in [1.165, 1.54) is 17.0 Å². The Kier molecular flexibility index (Phi) is 4.00. The molecule has 0 saturated heterocycles. The summed E-state index contributed by atoms with van der Waals surface area (Å²) in [5, 5.41) is 12.8. The number of halogens is 1. The molecule has 0 unspecified atom stereocenters. The number of aliphatic hydroxyl groups is 1. The van der Waals surface area contributed by atoms with E-state index >= 15 is 0 Å². The fraction of sp³-hybridized carbons (Fsp3) is 0.333. The van der Waals surface area contributed by atoms with Crippen LogP contribution in [0, 0.1) is 5.82 Å². The van der Waals surface area contributed by atoms with Crippen LogP contribution in [0.25, 0.3) is 0 Å². The molecule has 1 heterocycles. The Morgan fingerprint density at radius 3 is 2.67 bits per heavy atom. The summed E-state index contributed by atoms with van der Waals surface area (Å²) in [5.41, 5.74) is -0.295. The SMILES string of the molecule is CN1C(=O)C(C(=S)Nc2ccccc2F)=C(O)CC1(C)C. The number of hydrogen-bond donors (Lipinski definition) is 2. The van der Waals surface area contributed by atoms with Crippen LogP contribution in [0.15, 0.2) is 35.6 Å². The Balaban J connectivity index is 2.31. The average Bonchev–Trinajstić information content (AvgIpc) is 2.38. The van der Waals surface area contributed by atoms with Gasteiger partial charge in [-0.15, -0.1) is 0 Å². The lowest BCUT2D eigenvalue weighted by Gasteiger charge is -2.40. The quantitative estimate of drug-likeness (QED) is 0.825. The number of aliphatic hydroxyl groups excluding tert-OH is 1. The number of para-hydroxylation sites is 1. The summed E-state index contributed by atoms with van der Waals surface area (Å²) in [6.45, 7) is 3.70. The number of carbonyl (C=O) groups is 1. The lowest BCUT2D eigenvalue weighted by atomic mass is 9.90. The van der Waals surface area contributed by atoms with Gasteiger partial charge in [-0.3, -0.25) is 4.79 Å². The van der Waals surface area contributed by atoms with Gasteiger partial charge in [0.25, 0.3) is 5.91 Å². The zero-order valence-electron chi connectivity index (χ0n) is 12.1. The molecule has 0 bridgehead atoms. The van der Waals surface area contributed by atoms with E-state index in [0.717, 1.165) is 0 Å². The lowest BCUT2D eigenvalue weighted by molar-refractivity contribution is -0.131. The maximum absolute atomic E-state index is 13.6. The van der Waals surface area contributed by atoms with Crippen molar-refractivity contribution in [3.05, 3.63) is 41.4 Å². The topological polar surface area (TPSA) is 52.6 Å². The number of hydrogen-bond acceptors (Lipinski definition) is 3. The molecule has 21 heavy (non-hydrogen) atoms. The van der Waals surface area contributed by atoms with E-state index in [4.69, 9.17) is 12.2 Å². The molecule has 0 aromatic heterocycles. The number of rotatable bonds is 2. The largest absolute Gasteiger partial charge is 0.511 e.